The fourth-order valence-electron chi connectivity index (χ4n) is 3.47. The summed E-state index contributed by atoms with van der Waals surface area (Å²) >= 11 is 0. The van der Waals surface area contributed by atoms with Crippen LogP contribution in [-0.4, -0.2) is 5.91 Å². The van der Waals surface area contributed by atoms with Crippen molar-refractivity contribution in [2.75, 3.05) is 5.73 Å². The van der Waals surface area contributed by atoms with Crippen molar-refractivity contribution in [1.82, 2.24) is 0 Å². The first-order valence-electron chi connectivity index (χ1n) is 9.84. The van der Waals surface area contributed by atoms with E-state index in [2.05, 4.69) is 18.2 Å². The maximum atomic E-state index is 13.2. The van der Waals surface area contributed by atoms with E-state index >= 15 is 0 Å². The summed E-state index contributed by atoms with van der Waals surface area (Å²) < 4.78 is 13.2. The summed E-state index contributed by atoms with van der Waals surface area (Å²) in [4.78, 5) is 11.9. The van der Waals surface area contributed by atoms with Gasteiger partial charge in [0.1, 0.15) is 5.82 Å². The smallest absolute Gasteiger partial charge is 0.249 e. The van der Waals surface area contributed by atoms with Crippen LogP contribution in [0.15, 0.2) is 97.1 Å². The van der Waals surface area contributed by atoms with Gasteiger partial charge in [-0.15, -0.1) is 0 Å². The highest BCUT2D eigenvalue weighted by Crippen LogP contribution is 2.31. The number of rotatable bonds is 5. The molecule has 1 amide bonds. The number of anilines is 1. The molecule has 3 nitrogen and oxygen atoms in total. The van der Waals surface area contributed by atoms with Crippen molar-refractivity contribution in [3.63, 3.8) is 0 Å². The minimum atomic E-state index is -0.574. The minimum Gasteiger partial charge on any atom is -0.398 e. The van der Waals surface area contributed by atoms with Crippen molar-refractivity contribution >= 4 is 23.2 Å². The Kier molecular flexibility index (Phi) is 5.63. The Balaban J connectivity index is 1.67. The number of carbonyl (C=O) groups is 1. The summed E-state index contributed by atoms with van der Waals surface area (Å²) in [6, 6.07) is 29.5. The van der Waals surface area contributed by atoms with Gasteiger partial charge in [0.2, 0.25) is 5.91 Å². The van der Waals surface area contributed by atoms with Crippen molar-refractivity contribution in [3.05, 3.63) is 114 Å². The zero-order chi connectivity index (χ0) is 21.8. The van der Waals surface area contributed by atoms with E-state index in [1.807, 2.05) is 54.6 Å². The van der Waals surface area contributed by atoms with Crippen LogP contribution >= 0.6 is 0 Å². The molecule has 4 aromatic carbocycles. The Morgan fingerprint density at radius 1 is 0.742 bits per heavy atom. The molecule has 0 unspecified atom stereocenters. The highest BCUT2D eigenvalue weighted by atomic mass is 19.1. The molecular formula is C27H21FN2O. The maximum Gasteiger partial charge on any atom is 0.249 e. The summed E-state index contributed by atoms with van der Waals surface area (Å²) in [5, 5.41) is 0. The second-order valence-corrected chi connectivity index (χ2v) is 7.22. The molecule has 0 radical (unpaired) electrons. The molecule has 0 aromatic heterocycles. The van der Waals surface area contributed by atoms with Crippen LogP contribution < -0.4 is 11.5 Å². The van der Waals surface area contributed by atoms with Crippen molar-refractivity contribution in [1.29, 1.82) is 0 Å². The summed E-state index contributed by atoms with van der Waals surface area (Å²) in [5.41, 5.74) is 18.3. The molecule has 4 N–H and O–H groups in total. The molecule has 152 valence electrons. The molecule has 4 heteroatoms. The van der Waals surface area contributed by atoms with Gasteiger partial charge in [0, 0.05) is 16.8 Å². The number of hydrogen-bond donors (Lipinski definition) is 2. The third-order valence-electron chi connectivity index (χ3n) is 5.11. The quantitative estimate of drug-likeness (QED) is 0.250. The third-order valence-corrected chi connectivity index (χ3v) is 5.11. The van der Waals surface area contributed by atoms with E-state index in [4.69, 9.17) is 11.5 Å². The molecule has 0 fully saturated rings. The topological polar surface area (TPSA) is 69.1 Å². The zero-order valence-corrected chi connectivity index (χ0v) is 16.8. The number of primary amides is 1. The molecule has 31 heavy (non-hydrogen) atoms. The van der Waals surface area contributed by atoms with Crippen LogP contribution in [0.2, 0.25) is 0 Å². The van der Waals surface area contributed by atoms with Crippen LogP contribution in [0.3, 0.4) is 0 Å². The molecule has 0 saturated carbocycles. The van der Waals surface area contributed by atoms with Gasteiger partial charge in [-0.2, -0.15) is 0 Å². The van der Waals surface area contributed by atoms with Crippen molar-refractivity contribution < 1.29 is 9.18 Å². The van der Waals surface area contributed by atoms with Gasteiger partial charge in [-0.1, -0.05) is 72.8 Å². The predicted molar refractivity (Wildman–Crippen MR) is 125 cm³/mol. The highest BCUT2D eigenvalue weighted by molar-refractivity contribution is 6.23. The Bertz CT molecular complexity index is 1240. The van der Waals surface area contributed by atoms with Crippen LogP contribution in [0.4, 0.5) is 10.1 Å². The van der Waals surface area contributed by atoms with E-state index in [9.17, 15) is 9.18 Å². The molecule has 0 aliphatic rings. The molecule has 0 heterocycles. The van der Waals surface area contributed by atoms with E-state index in [0.29, 0.717) is 16.8 Å². The molecule has 0 saturated heterocycles. The van der Waals surface area contributed by atoms with Crippen LogP contribution in [0, 0.1) is 5.82 Å². The van der Waals surface area contributed by atoms with E-state index in [0.717, 1.165) is 27.8 Å². The van der Waals surface area contributed by atoms with Gasteiger partial charge in [-0.3, -0.25) is 4.79 Å². The lowest BCUT2D eigenvalue weighted by Crippen LogP contribution is -2.12. The number of benzene rings is 4. The summed E-state index contributed by atoms with van der Waals surface area (Å²) in [5.74, 6) is -0.942. The summed E-state index contributed by atoms with van der Waals surface area (Å²) in [6.45, 7) is 0. The first-order valence-corrected chi connectivity index (χ1v) is 9.84. The number of amides is 1. The fourth-order valence-corrected chi connectivity index (χ4v) is 3.47. The van der Waals surface area contributed by atoms with Crippen LogP contribution in [-0.2, 0) is 4.79 Å². The van der Waals surface area contributed by atoms with E-state index in [1.165, 1.54) is 24.3 Å². The van der Waals surface area contributed by atoms with Crippen molar-refractivity contribution in [2.45, 2.75) is 0 Å². The third kappa shape index (κ3) is 4.54. The van der Waals surface area contributed by atoms with E-state index in [1.54, 1.807) is 6.08 Å². The van der Waals surface area contributed by atoms with Crippen molar-refractivity contribution in [2.24, 2.45) is 5.73 Å². The normalized spacial score (nSPS) is 11.3. The van der Waals surface area contributed by atoms with Gasteiger partial charge in [0.05, 0.1) is 0 Å². The monoisotopic (exact) mass is 408 g/mol. The van der Waals surface area contributed by atoms with Gasteiger partial charge in [-0.25, -0.2) is 4.39 Å². The molecule has 0 aliphatic heterocycles. The SMILES string of the molecule is NC(=O)/C(=C/c1ccc(-c2cc(-c3ccccc3)ccc2N)cc1)c1ccc(F)cc1. The van der Waals surface area contributed by atoms with Gasteiger partial charge >= 0.3 is 0 Å². The molecule has 4 rings (SSSR count). The standard InChI is InChI=1S/C27H21FN2O/c28-23-13-10-21(11-14-23)25(27(30)31)16-18-6-8-20(9-7-18)24-17-22(12-15-26(24)29)19-4-2-1-3-5-19/h1-17H,29H2,(H2,30,31)/b25-16+. The number of nitrogens with two attached hydrogens (primary N) is 2. The lowest BCUT2D eigenvalue weighted by molar-refractivity contribution is -0.112. The molecule has 0 spiro atoms. The Morgan fingerprint density at radius 2 is 1.39 bits per heavy atom. The average Bonchev–Trinajstić information content (AvgIpc) is 2.79. The minimum absolute atomic E-state index is 0.318. The van der Waals surface area contributed by atoms with Gasteiger partial charge < -0.3 is 11.5 Å². The highest BCUT2D eigenvalue weighted by Gasteiger charge is 2.10. The first kappa shape index (κ1) is 20.1. The van der Waals surface area contributed by atoms with Crippen molar-refractivity contribution in [3.8, 4) is 22.3 Å². The number of halogens is 1. The zero-order valence-electron chi connectivity index (χ0n) is 16.8. The second-order valence-electron chi connectivity index (χ2n) is 7.22. The van der Waals surface area contributed by atoms with Crippen LogP contribution in [0.25, 0.3) is 33.9 Å². The fraction of sp³-hybridized carbons (Fsp3) is 0. The van der Waals surface area contributed by atoms with Crippen LogP contribution in [0.5, 0.6) is 0 Å². The van der Waals surface area contributed by atoms with E-state index < -0.39 is 5.91 Å². The summed E-state index contributed by atoms with van der Waals surface area (Å²) in [6.07, 6.45) is 1.70. The Morgan fingerprint density at radius 3 is 2.03 bits per heavy atom. The average molecular weight is 408 g/mol. The maximum absolute atomic E-state index is 13.2. The second kappa shape index (κ2) is 8.67. The van der Waals surface area contributed by atoms with Gasteiger partial charge in [0.15, 0.2) is 0 Å². The van der Waals surface area contributed by atoms with Gasteiger partial charge in [-0.05, 0) is 58.2 Å². The number of hydrogen-bond acceptors (Lipinski definition) is 2. The predicted octanol–water partition coefficient (Wildman–Crippen LogP) is 5.77. The molecule has 4 aromatic rings. The summed E-state index contributed by atoms with van der Waals surface area (Å²) in [7, 11) is 0. The molecular weight excluding hydrogens is 387 g/mol. The van der Waals surface area contributed by atoms with Crippen LogP contribution in [0.1, 0.15) is 11.1 Å². The molecule has 0 aliphatic carbocycles. The largest absolute Gasteiger partial charge is 0.398 e. The first-order chi connectivity index (χ1) is 15.0. The number of nitrogen functional groups attached to an aromatic ring is 1. The Labute approximate surface area is 180 Å². The number of carbonyl (C=O) groups excluding carboxylic acids is 1. The lowest BCUT2D eigenvalue weighted by Gasteiger charge is -2.10. The Hall–Kier alpha value is -4.18. The van der Waals surface area contributed by atoms with Gasteiger partial charge in [0.25, 0.3) is 0 Å². The van der Waals surface area contributed by atoms with E-state index in [-0.39, 0.29) is 5.82 Å². The lowest BCUT2D eigenvalue weighted by atomic mass is 9.96. The molecule has 0 atom stereocenters. The molecule has 0 bridgehead atoms.